The first-order chi connectivity index (χ1) is 14.8. The second-order valence-corrected chi connectivity index (χ2v) is 8.47. The fourth-order valence-corrected chi connectivity index (χ4v) is 5.14. The van der Waals surface area contributed by atoms with E-state index in [4.69, 9.17) is 5.73 Å². The Bertz CT molecular complexity index is 1090. The molecule has 1 unspecified atom stereocenters. The Hall–Kier alpha value is -2.88. The normalized spacial score (nSPS) is 22.3. The first-order valence-corrected chi connectivity index (χ1v) is 10.5. The van der Waals surface area contributed by atoms with Gasteiger partial charge in [-0.1, -0.05) is 6.92 Å². The van der Waals surface area contributed by atoms with Crippen molar-refractivity contribution in [2.75, 3.05) is 18.8 Å². The summed E-state index contributed by atoms with van der Waals surface area (Å²) in [6.45, 7) is 4.76. The fraction of sp³-hybridized carbons (Fsp3) is 0.476. The standard InChI is InChI=1S/C21H24F3N7/c1-2-17(15-3-6-27-28-15)30-7-4-20(12-30)5-8-31-18(20)10-16(29-31)13-9-14(21(22,23)24)19(25)26-11-13/h3,6,9-11,17H,2,4-5,7-8,12H2,1H3,(H2,25,26)(H,27,28)/t17?,20-/m1/s1. The van der Waals surface area contributed by atoms with Crippen molar-refractivity contribution in [3.63, 3.8) is 0 Å². The molecule has 0 amide bonds. The first-order valence-electron chi connectivity index (χ1n) is 10.5. The largest absolute Gasteiger partial charge is 0.419 e. The van der Waals surface area contributed by atoms with Crippen LogP contribution >= 0.6 is 0 Å². The van der Waals surface area contributed by atoms with Crippen LogP contribution in [0.2, 0.25) is 0 Å². The maximum Gasteiger partial charge on any atom is 0.419 e. The average molecular weight is 431 g/mol. The maximum atomic E-state index is 13.3. The number of hydrogen-bond acceptors (Lipinski definition) is 5. The van der Waals surface area contributed by atoms with Gasteiger partial charge >= 0.3 is 6.18 Å². The molecule has 2 atom stereocenters. The van der Waals surface area contributed by atoms with Gasteiger partial charge in [-0.2, -0.15) is 23.4 Å². The van der Waals surface area contributed by atoms with Crippen molar-refractivity contribution >= 4 is 5.82 Å². The molecule has 164 valence electrons. The van der Waals surface area contributed by atoms with Crippen molar-refractivity contribution in [3.8, 4) is 11.3 Å². The molecule has 3 N–H and O–H groups in total. The minimum Gasteiger partial charge on any atom is -0.383 e. The van der Waals surface area contributed by atoms with Crippen molar-refractivity contribution in [3.05, 3.63) is 47.5 Å². The number of aromatic amines is 1. The number of rotatable bonds is 4. The van der Waals surface area contributed by atoms with Gasteiger partial charge < -0.3 is 5.73 Å². The van der Waals surface area contributed by atoms with Crippen LogP contribution in [0.25, 0.3) is 11.3 Å². The molecule has 5 heterocycles. The number of nitrogen functional groups attached to an aromatic ring is 1. The third-order valence-corrected chi connectivity index (χ3v) is 6.72. The van der Waals surface area contributed by atoms with Gasteiger partial charge in [0.1, 0.15) is 5.82 Å². The molecule has 0 aliphatic carbocycles. The number of aromatic nitrogens is 5. The fourth-order valence-electron chi connectivity index (χ4n) is 5.14. The number of alkyl halides is 3. The number of nitrogens with two attached hydrogens (primary N) is 1. The monoisotopic (exact) mass is 431 g/mol. The van der Waals surface area contributed by atoms with E-state index in [9.17, 15) is 13.2 Å². The SMILES string of the molecule is CCC(c1cc[nH]n1)N1CC[C@@]2(CCn3nc(-c4cnc(N)c(C(F)(F)F)c4)cc32)C1. The number of aryl methyl sites for hydroxylation is 1. The second-order valence-electron chi connectivity index (χ2n) is 8.47. The van der Waals surface area contributed by atoms with Crippen LogP contribution in [0.1, 0.15) is 49.2 Å². The molecule has 0 aromatic carbocycles. The van der Waals surface area contributed by atoms with Crippen molar-refractivity contribution in [1.82, 2.24) is 29.9 Å². The van der Waals surface area contributed by atoms with E-state index in [1.54, 1.807) is 0 Å². The van der Waals surface area contributed by atoms with Gasteiger partial charge in [-0.15, -0.1) is 0 Å². The summed E-state index contributed by atoms with van der Waals surface area (Å²) in [5.74, 6) is -0.519. The maximum absolute atomic E-state index is 13.3. The molecule has 0 radical (unpaired) electrons. The molecule has 3 aromatic rings. The summed E-state index contributed by atoms with van der Waals surface area (Å²) in [4.78, 5) is 6.22. The Balaban J connectivity index is 1.44. The molecule has 7 nitrogen and oxygen atoms in total. The number of fused-ring (bicyclic) bond motifs is 2. The Morgan fingerprint density at radius 1 is 1.26 bits per heavy atom. The van der Waals surface area contributed by atoms with Gasteiger partial charge in [0.25, 0.3) is 0 Å². The zero-order valence-corrected chi connectivity index (χ0v) is 17.2. The number of H-pyrrole nitrogens is 1. The van der Waals surface area contributed by atoms with E-state index < -0.39 is 17.6 Å². The molecule has 1 spiro atoms. The molecule has 0 saturated carbocycles. The smallest absolute Gasteiger partial charge is 0.383 e. The molecule has 0 bridgehead atoms. The lowest BCUT2D eigenvalue weighted by Gasteiger charge is -2.28. The van der Waals surface area contributed by atoms with Crippen LogP contribution in [-0.4, -0.2) is 43.0 Å². The highest BCUT2D eigenvalue weighted by atomic mass is 19.4. The number of nitrogens with one attached hydrogen (secondary N) is 1. The summed E-state index contributed by atoms with van der Waals surface area (Å²) in [7, 11) is 0. The first kappa shape index (κ1) is 20.0. The summed E-state index contributed by atoms with van der Waals surface area (Å²) in [5.41, 5.74) is 7.45. The van der Waals surface area contributed by atoms with Gasteiger partial charge in [0.05, 0.1) is 23.0 Å². The van der Waals surface area contributed by atoms with Gasteiger partial charge in [-0.3, -0.25) is 14.7 Å². The van der Waals surface area contributed by atoms with Crippen LogP contribution in [0.5, 0.6) is 0 Å². The van der Waals surface area contributed by atoms with Crippen LogP contribution < -0.4 is 5.73 Å². The third kappa shape index (κ3) is 3.29. The number of nitrogens with zero attached hydrogens (tertiary/aromatic N) is 5. The van der Waals surface area contributed by atoms with Crippen LogP contribution in [0.4, 0.5) is 19.0 Å². The number of anilines is 1. The molecule has 2 aliphatic heterocycles. The molecule has 1 saturated heterocycles. The molecular weight excluding hydrogens is 407 g/mol. The summed E-state index contributed by atoms with van der Waals surface area (Å²) in [6.07, 6.45) is 1.59. The quantitative estimate of drug-likeness (QED) is 0.657. The molecule has 1 fully saturated rings. The Morgan fingerprint density at radius 2 is 2.06 bits per heavy atom. The highest BCUT2D eigenvalue weighted by Gasteiger charge is 2.47. The average Bonchev–Trinajstić information content (AvgIpc) is 3.50. The Labute approximate surface area is 177 Å². The molecule has 3 aromatic heterocycles. The summed E-state index contributed by atoms with van der Waals surface area (Å²) < 4.78 is 41.7. The highest BCUT2D eigenvalue weighted by molar-refractivity contribution is 5.63. The van der Waals surface area contributed by atoms with E-state index in [0.29, 0.717) is 11.3 Å². The summed E-state index contributed by atoms with van der Waals surface area (Å²) >= 11 is 0. The van der Waals surface area contributed by atoms with E-state index in [1.165, 1.54) is 6.20 Å². The number of halogens is 3. The van der Waals surface area contributed by atoms with Gasteiger partial charge in [-0.05, 0) is 44.0 Å². The summed E-state index contributed by atoms with van der Waals surface area (Å²) in [5, 5.41) is 11.9. The van der Waals surface area contributed by atoms with Gasteiger partial charge in [0.2, 0.25) is 0 Å². The highest BCUT2D eigenvalue weighted by Crippen LogP contribution is 2.46. The van der Waals surface area contributed by atoms with Crippen molar-refractivity contribution in [2.45, 2.75) is 50.4 Å². The van der Waals surface area contributed by atoms with Crippen molar-refractivity contribution in [1.29, 1.82) is 0 Å². The molecule has 10 heteroatoms. The van der Waals surface area contributed by atoms with E-state index in [1.807, 2.05) is 23.0 Å². The van der Waals surface area contributed by atoms with Gasteiger partial charge in [-0.25, -0.2) is 4.98 Å². The Kier molecular flexibility index (Phi) is 4.58. The van der Waals surface area contributed by atoms with Crippen LogP contribution in [0.3, 0.4) is 0 Å². The summed E-state index contributed by atoms with van der Waals surface area (Å²) in [6, 6.07) is 5.23. The van der Waals surface area contributed by atoms with Crippen LogP contribution in [-0.2, 0) is 18.1 Å². The lowest BCUT2D eigenvalue weighted by molar-refractivity contribution is -0.137. The molecule has 5 rings (SSSR count). The second kappa shape index (κ2) is 7.08. The predicted octanol–water partition coefficient (Wildman–Crippen LogP) is 3.77. The third-order valence-electron chi connectivity index (χ3n) is 6.72. The predicted molar refractivity (Wildman–Crippen MR) is 109 cm³/mol. The van der Waals surface area contributed by atoms with Crippen LogP contribution in [0, 0.1) is 0 Å². The minimum atomic E-state index is -4.55. The van der Waals surface area contributed by atoms with Crippen LogP contribution in [0.15, 0.2) is 30.6 Å². The van der Waals surface area contributed by atoms with Gasteiger partial charge in [0.15, 0.2) is 0 Å². The number of pyridine rings is 1. The van der Waals surface area contributed by atoms with E-state index in [-0.39, 0.29) is 11.5 Å². The van der Waals surface area contributed by atoms with E-state index >= 15 is 0 Å². The van der Waals surface area contributed by atoms with Crippen molar-refractivity contribution in [2.24, 2.45) is 0 Å². The molecule has 31 heavy (non-hydrogen) atoms. The van der Waals surface area contributed by atoms with Crippen molar-refractivity contribution < 1.29 is 13.2 Å². The zero-order chi connectivity index (χ0) is 21.8. The lowest BCUT2D eigenvalue weighted by atomic mass is 9.82. The van der Waals surface area contributed by atoms with Gasteiger partial charge in [0, 0.05) is 42.2 Å². The topological polar surface area (TPSA) is 88.7 Å². The zero-order valence-electron chi connectivity index (χ0n) is 17.2. The van der Waals surface area contributed by atoms with E-state index in [0.717, 1.165) is 56.4 Å². The molecular formula is C21H24F3N7. The minimum absolute atomic E-state index is 0.0386. The lowest BCUT2D eigenvalue weighted by Crippen LogP contribution is -2.32. The number of hydrogen-bond donors (Lipinski definition) is 2. The number of likely N-dealkylation sites (tertiary alicyclic amines) is 1. The Morgan fingerprint density at radius 3 is 2.77 bits per heavy atom. The van der Waals surface area contributed by atoms with E-state index in [2.05, 4.69) is 32.1 Å². The molecule has 2 aliphatic rings.